The molecule has 0 unspecified atom stereocenters. The van der Waals surface area contributed by atoms with Gasteiger partial charge in [-0.2, -0.15) is 0 Å². The van der Waals surface area contributed by atoms with Gasteiger partial charge in [-0.05, 0) is 36.1 Å². The van der Waals surface area contributed by atoms with Crippen molar-refractivity contribution in [2.75, 3.05) is 13.2 Å². The Kier molecular flexibility index (Phi) is 5.48. The molecule has 0 aliphatic heterocycles. The van der Waals surface area contributed by atoms with Crippen molar-refractivity contribution in [2.45, 2.75) is 33.6 Å². The van der Waals surface area contributed by atoms with Gasteiger partial charge in [-0.15, -0.1) is 0 Å². The van der Waals surface area contributed by atoms with Crippen molar-refractivity contribution in [3.8, 4) is 5.75 Å². The summed E-state index contributed by atoms with van der Waals surface area (Å²) in [6, 6.07) is 3.90. The van der Waals surface area contributed by atoms with Gasteiger partial charge < -0.3 is 10.1 Å². The van der Waals surface area contributed by atoms with Gasteiger partial charge in [0.05, 0.1) is 6.54 Å². The summed E-state index contributed by atoms with van der Waals surface area (Å²) in [6.07, 6.45) is 0. The number of nitrogens with one attached hydrogen (secondary N) is 1. The Hall–Kier alpha value is -1.22. The molecule has 0 aliphatic carbocycles. The number of amides is 1. The molecule has 0 heterocycles. The lowest BCUT2D eigenvalue weighted by atomic mass is 10.0. The zero-order valence-electron chi connectivity index (χ0n) is 11.3. The molecule has 0 bridgehead atoms. The lowest BCUT2D eigenvalue weighted by Crippen LogP contribution is -2.25. The minimum Gasteiger partial charge on any atom is -0.491 e. The van der Waals surface area contributed by atoms with E-state index in [0.717, 1.165) is 21.9 Å². The molecule has 0 aromatic heterocycles. The van der Waals surface area contributed by atoms with Crippen LogP contribution < -0.4 is 10.1 Å². The van der Waals surface area contributed by atoms with E-state index in [1.54, 1.807) is 0 Å². The molecule has 0 saturated heterocycles. The molecule has 3 nitrogen and oxygen atoms in total. The van der Waals surface area contributed by atoms with Crippen LogP contribution in [0.3, 0.4) is 0 Å². The number of aryl methyl sites for hydroxylation is 1. The molecule has 100 valence electrons. The second-order valence-corrected chi connectivity index (χ2v) is 5.03. The van der Waals surface area contributed by atoms with E-state index < -0.39 is 0 Å². The van der Waals surface area contributed by atoms with Crippen molar-refractivity contribution in [3.63, 3.8) is 0 Å². The second-order valence-electron chi connectivity index (χ2n) is 4.63. The first-order chi connectivity index (χ1) is 8.41. The molecule has 1 N–H and O–H groups in total. The molecular formula is C14H20ClNO2. The number of hydrogen-bond acceptors (Lipinski definition) is 2. The van der Waals surface area contributed by atoms with Gasteiger partial charge in [0, 0.05) is 11.9 Å². The maximum Gasteiger partial charge on any atom is 0.216 e. The summed E-state index contributed by atoms with van der Waals surface area (Å²) in [4.78, 5) is 10.7. The van der Waals surface area contributed by atoms with Crippen molar-refractivity contribution in [1.29, 1.82) is 0 Å². The number of carbonyl (C=O) groups excluding carboxylic acids is 1. The van der Waals surface area contributed by atoms with Crippen LogP contribution in [-0.2, 0) is 4.79 Å². The first-order valence-corrected chi connectivity index (χ1v) is 6.47. The average Bonchev–Trinajstić information content (AvgIpc) is 2.28. The molecular weight excluding hydrogens is 250 g/mol. The van der Waals surface area contributed by atoms with E-state index in [9.17, 15) is 4.79 Å². The smallest absolute Gasteiger partial charge is 0.216 e. The third kappa shape index (κ3) is 4.22. The highest BCUT2D eigenvalue weighted by Gasteiger charge is 2.10. The summed E-state index contributed by atoms with van der Waals surface area (Å²) in [5, 5.41) is 3.46. The number of hydrogen-bond donors (Lipinski definition) is 1. The highest BCUT2D eigenvalue weighted by Crippen LogP contribution is 2.31. The van der Waals surface area contributed by atoms with Crippen LogP contribution in [-0.4, -0.2) is 19.1 Å². The number of ether oxygens (including phenoxy) is 1. The van der Waals surface area contributed by atoms with Crippen molar-refractivity contribution in [1.82, 2.24) is 5.32 Å². The Labute approximate surface area is 113 Å². The van der Waals surface area contributed by atoms with E-state index in [0.29, 0.717) is 19.1 Å². The van der Waals surface area contributed by atoms with Crippen molar-refractivity contribution in [3.05, 3.63) is 28.3 Å². The predicted molar refractivity (Wildman–Crippen MR) is 74.5 cm³/mol. The van der Waals surface area contributed by atoms with Crippen LogP contribution in [0.5, 0.6) is 5.75 Å². The third-order valence-electron chi connectivity index (χ3n) is 2.65. The Balaban J connectivity index is 2.74. The molecule has 0 aliphatic rings. The fourth-order valence-corrected chi connectivity index (χ4v) is 1.81. The highest BCUT2D eigenvalue weighted by atomic mass is 35.5. The first kappa shape index (κ1) is 14.8. The van der Waals surface area contributed by atoms with Gasteiger partial charge in [0.2, 0.25) is 5.91 Å². The molecule has 18 heavy (non-hydrogen) atoms. The lowest BCUT2D eigenvalue weighted by molar-refractivity contribution is -0.119. The summed E-state index contributed by atoms with van der Waals surface area (Å²) in [7, 11) is 0. The normalized spacial score (nSPS) is 10.6. The standard InChI is InChI=1S/C14H20ClNO2/c1-9(2)12-8-13(15)10(3)7-14(12)18-6-5-16-11(4)17/h7-9H,5-6H2,1-4H3,(H,16,17). The van der Waals surface area contributed by atoms with E-state index in [2.05, 4.69) is 19.2 Å². The molecule has 0 atom stereocenters. The fraction of sp³-hybridized carbons (Fsp3) is 0.500. The molecule has 4 heteroatoms. The first-order valence-electron chi connectivity index (χ1n) is 6.09. The molecule has 0 fully saturated rings. The van der Waals surface area contributed by atoms with Crippen molar-refractivity contribution in [2.24, 2.45) is 0 Å². The number of halogens is 1. The average molecular weight is 270 g/mol. The quantitative estimate of drug-likeness (QED) is 0.833. The summed E-state index contributed by atoms with van der Waals surface area (Å²) < 4.78 is 5.71. The maximum atomic E-state index is 10.7. The minimum atomic E-state index is -0.0463. The third-order valence-corrected chi connectivity index (χ3v) is 3.05. The zero-order chi connectivity index (χ0) is 13.7. The van der Waals surface area contributed by atoms with E-state index in [1.165, 1.54) is 6.92 Å². The van der Waals surface area contributed by atoms with E-state index in [1.807, 2.05) is 19.1 Å². The Bertz CT molecular complexity index is 430. The monoisotopic (exact) mass is 269 g/mol. The van der Waals surface area contributed by atoms with Crippen LogP contribution in [0, 0.1) is 6.92 Å². The summed E-state index contributed by atoms with van der Waals surface area (Å²) in [5.74, 6) is 1.14. The molecule has 1 amide bonds. The maximum absolute atomic E-state index is 10.7. The molecule has 0 spiro atoms. The summed E-state index contributed by atoms with van der Waals surface area (Å²) in [6.45, 7) is 8.61. The number of carbonyl (C=O) groups is 1. The van der Waals surface area contributed by atoms with Crippen LogP contribution in [0.15, 0.2) is 12.1 Å². The van der Waals surface area contributed by atoms with Gasteiger partial charge in [0.15, 0.2) is 0 Å². The van der Waals surface area contributed by atoms with Crippen LogP contribution >= 0.6 is 11.6 Å². The van der Waals surface area contributed by atoms with Crippen LogP contribution in [0.1, 0.15) is 37.8 Å². The number of rotatable bonds is 5. The topological polar surface area (TPSA) is 38.3 Å². The summed E-state index contributed by atoms with van der Waals surface area (Å²) in [5.41, 5.74) is 2.09. The van der Waals surface area contributed by atoms with Gasteiger partial charge in [-0.3, -0.25) is 4.79 Å². The Morgan fingerprint density at radius 2 is 2.11 bits per heavy atom. The molecule has 1 aromatic rings. The second kappa shape index (κ2) is 6.64. The SMILES string of the molecule is CC(=O)NCCOc1cc(C)c(Cl)cc1C(C)C. The zero-order valence-corrected chi connectivity index (χ0v) is 12.1. The fourth-order valence-electron chi connectivity index (χ4n) is 1.63. The highest BCUT2D eigenvalue weighted by molar-refractivity contribution is 6.31. The van der Waals surface area contributed by atoms with Crippen LogP contribution in [0.25, 0.3) is 0 Å². The van der Waals surface area contributed by atoms with Gasteiger partial charge in [-0.25, -0.2) is 0 Å². The molecule has 0 radical (unpaired) electrons. The summed E-state index contributed by atoms with van der Waals surface area (Å²) >= 11 is 6.12. The van der Waals surface area contributed by atoms with Gasteiger partial charge in [-0.1, -0.05) is 25.4 Å². The minimum absolute atomic E-state index is 0.0463. The van der Waals surface area contributed by atoms with E-state index in [4.69, 9.17) is 16.3 Å². The van der Waals surface area contributed by atoms with E-state index >= 15 is 0 Å². The van der Waals surface area contributed by atoms with Crippen LogP contribution in [0.4, 0.5) is 0 Å². The van der Waals surface area contributed by atoms with Gasteiger partial charge >= 0.3 is 0 Å². The van der Waals surface area contributed by atoms with Gasteiger partial charge in [0.25, 0.3) is 0 Å². The molecule has 0 saturated carbocycles. The van der Waals surface area contributed by atoms with Crippen molar-refractivity contribution < 1.29 is 9.53 Å². The number of benzene rings is 1. The Morgan fingerprint density at radius 3 is 2.67 bits per heavy atom. The van der Waals surface area contributed by atoms with Crippen molar-refractivity contribution >= 4 is 17.5 Å². The largest absolute Gasteiger partial charge is 0.491 e. The van der Waals surface area contributed by atoms with Crippen LogP contribution in [0.2, 0.25) is 5.02 Å². The van der Waals surface area contributed by atoms with E-state index in [-0.39, 0.29) is 5.91 Å². The molecule has 1 aromatic carbocycles. The predicted octanol–water partition coefficient (Wildman–Crippen LogP) is 3.29. The van der Waals surface area contributed by atoms with Gasteiger partial charge in [0.1, 0.15) is 12.4 Å². The Morgan fingerprint density at radius 1 is 1.44 bits per heavy atom. The molecule has 1 rings (SSSR count). The lowest BCUT2D eigenvalue weighted by Gasteiger charge is -2.16.